The van der Waals surface area contributed by atoms with E-state index in [0.29, 0.717) is 6.42 Å². The lowest BCUT2D eigenvalue weighted by Gasteiger charge is -2.18. The van der Waals surface area contributed by atoms with E-state index in [4.69, 9.17) is 14.6 Å². The summed E-state index contributed by atoms with van der Waals surface area (Å²) in [6.07, 6.45) is 0.0373. The quantitative estimate of drug-likeness (QED) is 0.343. The minimum absolute atomic E-state index is 0.0635. The second-order valence-electron chi connectivity index (χ2n) is 6.29. The van der Waals surface area contributed by atoms with E-state index in [2.05, 4.69) is 0 Å². The number of carboxylic acid groups (broad SMARTS) is 1. The Kier molecular flexibility index (Phi) is 8.88. The van der Waals surface area contributed by atoms with Crippen molar-refractivity contribution in [2.75, 3.05) is 19.8 Å². The van der Waals surface area contributed by atoms with Crippen LogP contribution in [0.15, 0.2) is 60.7 Å². The van der Waals surface area contributed by atoms with Crippen LogP contribution in [0.25, 0.3) is 0 Å². The predicted octanol–water partition coefficient (Wildman–Crippen LogP) is 3.20. The first kappa shape index (κ1) is 21.3. The Morgan fingerprint density at radius 1 is 0.857 bits per heavy atom. The molecular weight excluding hydrogens is 360 g/mol. The maximum atomic E-state index is 11.9. The van der Waals surface area contributed by atoms with E-state index in [0.717, 1.165) is 11.1 Å². The van der Waals surface area contributed by atoms with E-state index >= 15 is 0 Å². The molecule has 28 heavy (non-hydrogen) atoms. The molecule has 0 aliphatic rings. The number of esters is 1. The Balaban J connectivity index is 1.79. The Bertz CT molecular complexity index is 718. The van der Waals surface area contributed by atoms with Gasteiger partial charge in [-0.2, -0.15) is 0 Å². The number of hydrogen-bond donors (Lipinski definition) is 1. The number of Topliss-reactive ketones (excluding diaryl/α,β-unsaturated/α-hetero) is 1. The van der Waals surface area contributed by atoms with Crippen LogP contribution in [0.5, 0.6) is 0 Å². The Hall–Kier alpha value is -2.99. The third kappa shape index (κ3) is 7.72. The summed E-state index contributed by atoms with van der Waals surface area (Å²) in [5, 5.41) is 8.49. The molecule has 0 fully saturated rings. The summed E-state index contributed by atoms with van der Waals surface area (Å²) in [7, 11) is 0. The lowest BCUT2D eigenvalue weighted by molar-refractivity contribution is -0.147. The average Bonchev–Trinajstić information content (AvgIpc) is 2.70. The average molecular weight is 384 g/mol. The van der Waals surface area contributed by atoms with Gasteiger partial charge < -0.3 is 14.6 Å². The third-order valence-electron chi connectivity index (χ3n) is 4.14. The maximum absolute atomic E-state index is 11.9. The highest BCUT2D eigenvalue weighted by molar-refractivity contribution is 5.96. The first-order valence-electron chi connectivity index (χ1n) is 9.13. The van der Waals surface area contributed by atoms with E-state index in [9.17, 15) is 14.4 Å². The lowest BCUT2D eigenvalue weighted by Crippen LogP contribution is -2.18. The molecule has 0 aliphatic carbocycles. The molecule has 6 heteroatoms. The van der Waals surface area contributed by atoms with Crippen LogP contribution in [-0.4, -0.2) is 42.6 Å². The number of ether oxygens (including phenoxy) is 2. The van der Waals surface area contributed by atoms with Crippen LogP contribution >= 0.6 is 0 Å². The molecule has 2 aromatic rings. The van der Waals surface area contributed by atoms with Crippen LogP contribution in [0.1, 0.15) is 36.3 Å². The molecular formula is C22H24O6. The smallest absolute Gasteiger partial charge is 0.313 e. The van der Waals surface area contributed by atoms with Crippen molar-refractivity contribution in [1.29, 1.82) is 0 Å². The van der Waals surface area contributed by atoms with E-state index in [1.54, 1.807) is 0 Å². The van der Waals surface area contributed by atoms with Gasteiger partial charge in [-0.3, -0.25) is 14.4 Å². The molecule has 0 radical (unpaired) electrons. The van der Waals surface area contributed by atoms with Crippen molar-refractivity contribution in [2.45, 2.75) is 25.2 Å². The molecule has 1 N–H and O–H groups in total. The zero-order valence-corrected chi connectivity index (χ0v) is 15.6. The van der Waals surface area contributed by atoms with Gasteiger partial charge in [0.15, 0.2) is 5.78 Å². The first-order chi connectivity index (χ1) is 13.6. The first-order valence-corrected chi connectivity index (χ1v) is 9.13. The topological polar surface area (TPSA) is 89.9 Å². The van der Waals surface area contributed by atoms with Crippen molar-refractivity contribution in [3.8, 4) is 0 Å². The van der Waals surface area contributed by atoms with Crippen molar-refractivity contribution < 1.29 is 29.0 Å². The molecule has 0 spiro atoms. The summed E-state index contributed by atoms with van der Waals surface area (Å²) in [6.45, 7) is -0.161. The van der Waals surface area contributed by atoms with Gasteiger partial charge in [0, 0.05) is 5.92 Å². The fourth-order valence-corrected chi connectivity index (χ4v) is 2.80. The normalized spacial score (nSPS) is 10.6. The fourth-order valence-electron chi connectivity index (χ4n) is 2.80. The number of ketones is 1. The van der Waals surface area contributed by atoms with Crippen LogP contribution in [0.3, 0.4) is 0 Å². The molecule has 0 bridgehead atoms. The minimum Gasteiger partial charge on any atom is -0.481 e. The second kappa shape index (κ2) is 11.7. The van der Waals surface area contributed by atoms with Gasteiger partial charge in [0.05, 0.1) is 19.6 Å². The van der Waals surface area contributed by atoms with Crippen molar-refractivity contribution in [3.63, 3.8) is 0 Å². The van der Waals surface area contributed by atoms with Crippen LogP contribution in [0, 0.1) is 0 Å². The largest absolute Gasteiger partial charge is 0.481 e. The van der Waals surface area contributed by atoms with Gasteiger partial charge in [-0.05, 0) is 17.5 Å². The van der Waals surface area contributed by atoms with E-state index in [-0.39, 0.29) is 38.6 Å². The maximum Gasteiger partial charge on any atom is 0.313 e. The van der Waals surface area contributed by atoms with Crippen LogP contribution < -0.4 is 0 Å². The fraction of sp³-hybridized carbons (Fsp3) is 0.318. The predicted molar refractivity (Wildman–Crippen MR) is 103 cm³/mol. The molecule has 2 aromatic carbocycles. The van der Waals surface area contributed by atoms with Crippen molar-refractivity contribution in [2.24, 2.45) is 0 Å². The van der Waals surface area contributed by atoms with Crippen molar-refractivity contribution in [1.82, 2.24) is 0 Å². The zero-order chi connectivity index (χ0) is 20.2. The third-order valence-corrected chi connectivity index (χ3v) is 4.14. The van der Waals surface area contributed by atoms with Crippen LogP contribution in [0.4, 0.5) is 0 Å². The molecule has 6 nitrogen and oxygen atoms in total. The van der Waals surface area contributed by atoms with Gasteiger partial charge in [0.25, 0.3) is 0 Å². The molecule has 0 unspecified atom stereocenters. The molecule has 0 aliphatic heterocycles. The standard InChI is InChI=1S/C22H24O6/c23-19(16-27-13-12-21(24)25)15-22(26)28-14-11-20(17-7-3-1-4-8-17)18-9-5-2-6-10-18/h1-10,20H,11-16H2,(H,24,25). The second-order valence-corrected chi connectivity index (χ2v) is 6.29. The van der Waals surface area contributed by atoms with E-state index < -0.39 is 17.7 Å². The van der Waals surface area contributed by atoms with Crippen LogP contribution in [0.2, 0.25) is 0 Å². The summed E-state index contributed by atoms with van der Waals surface area (Å²) in [6, 6.07) is 20.0. The molecule has 2 rings (SSSR count). The Morgan fingerprint density at radius 3 is 1.96 bits per heavy atom. The number of hydrogen-bond acceptors (Lipinski definition) is 5. The van der Waals surface area contributed by atoms with Gasteiger partial charge in [0.1, 0.15) is 13.0 Å². The summed E-state index contributed by atoms with van der Waals surface area (Å²) in [5.41, 5.74) is 2.26. The molecule has 0 saturated carbocycles. The van der Waals surface area contributed by atoms with Crippen molar-refractivity contribution >= 4 is 17.7 Å². The molecule has 148 valence electrons. The highest BCUT2D eigenvalue weighted by atomic mass is 16.5. The summed E-state index contributed by atoms with van der Waals surface area (Å²) < 4.78 is 10.1. The SMILES string of the molecule is O=C(O)CCOCC(=O)CC(=O)OCCC(c1ccccc1)c1ccccc1. The molecule has 0 amide bonds. The number of carbonyl (C=O) groups excluding carboxylic acids is 2. The summed E-state index contributed by atoms with van der Waals surface area (Å²) >= 11 is 0. The van der Waals surface area contributed by atoms with Gasteiger partial charge in [-0.15, -0.1) is 0 Å². The Labute approximate surface area is 164 Å². The van der Waals surface area contributed by atoms with Crippen molar-refractivity contribution in [3.05, 3.63) is 71.8 Å². The van der Waals surface area contributed by atoms with Gasteiger partial charge >= 0.3 is 11.9 Å². The highest BCUT2D eigenvalue weighted by Gasteiger charge is 2.16. The number of benzene rings is 2. The minimum atomic E-state index is -1.00. The molecule has 0 saturated heterocycles. The highest BCUT2D eigenvalue weighted by Crippen LogP contribution is 2.27. The van der Waals surface area contributed by atoms with Gasteiger partial charge in [-0.1, -0.05) is 60.7 Å². The Morgan fingerprint density at radius 2 is 1.43 bits per heavy atom. The zero-order valence-electron chi connectivity index (χ0n) is 15.6. The lowest BCUT2D eigenvalue weighted by atomic mass is 9.89. The monoisotopic (exact) mass is 384 g/mol. The van der Waals surface area contributed by atoms with Crippen LogP contribution in [-0.2, 0) is 23.9 Å². The van der Waals surface area contributed by atoms with Gasteiger partial charge in [-0.25, -0.2) is 0 Å². The number of aliphatic carboxylic acids is 1. The van der Waals surface area contributed by atoms with E-state index in [1.165, 1.54) is 0 Å². The molecule has 0 aromatic heterocycles. The molecule has 0 atom stereocenters. The number of rotatable bonds is 12. The number of carbonyl (C=O) groups is 3. The molecule has 0 heterocycles. The van der Waals surface area contributed by atoms with E-state index in [1.807, 2.05) is 60.7 Å². The summed E-state index contributed by atoms with van der Waals surface area (Å²) in [4.78, 5) is 33.9. The van der Waals surface area contributed by atoms with Gasteiger partial charge in [0.2, 0.25) is 0 Å². The summed E-state index contributed by atoms with van der Waals surface area (Å²) in [5.74, 6) is -1.95. The number of carboxylic acids is 1.